The molecule has 2 rings (SSSR count). The first-order chi connectivity index (χ1) is 8.79. The first-order valence-corrected chi connectivity index (χ1v) is 6.32. The van der Waals surface area contributed by atoms with Crippen molar-refractivity contribution < 1.29 is 9.84 Å². The molecule has 0 radical (unpaired) electrons. The molecule has 1 heterocycles. The lowest BCUT2D eigenvalue weighted by molar-refractivity contribution is 0.0847. The second kappa shape index (κ2) is 6.51. The van der Waals surface area contributed by atoms with Crippen LogP contribution in [-0.2, 0) is 11.3 Å². The largest absolute Gasteiger partial charge is 0.394 e. The number of rotatable bonds is 7. The van der Waals surface area contributed by atoms with Crippen molar-refractivity contribution in [1.82, 2.24) is 9.78 Å². The summed E-state index contributed by atoms with van der Waals surface area (Å²) >= 11 is 0. The van der Waals surface area contributed by atoms with Gasteiger partial charge in [-0.25, -0.2) is 4.68 Å². The first kappa shape index (κ1) is 13.0. The highest BCUT2D eigenvalue weighted by Gasteiger charge is 2.17. The predicted octanol–water partition coefficient (Wildman–Crippen LogP) is 0.217. The van der Waals surface area contributed by atoms with Gasteiger partial charge < -0.3 is 15.2 Å². The number of nitrogens with zero attached hydrogens (tertiary/aromatic N) is 2. The number of anilines is 1. The van der Waals surface area contributed by atoms with Gasteiger partial charge in [-0.3, -0.25) is 4.79 Å². The molecule has 0 atom stereocenters. The average Bonchev–Trinajstić information content (AvgIpc) is 2.31. The maximum Gasteiger partial charge on any atom is 0.268 e. The van der Waals surface area contributed by atoms with E-state index in [1.165, 1.54) is 11.1 Å². The molecule has 18 heavy (non-hydrogen) atoms. The third-order valence-corrected chi connectivity index (χ3v) is 3.03. The molecule has 2 N–H and O–H groups in total. The number of hydrogen-bond donors (Lipinski definition) is 2. The lowest BCUT2D eigenvalue weighted by Gasteiger charge is -2.27. The van der Waals surface area contributed by atoms with Crippen LogP contribution in [0.3, 0.4) is 0 Å². The van der Waals surface area contributed by atoms with Crippen molar-refractivity contribution in [3.05, 3.63) is 22.6 Å². The Kier molecular flexibility index (Phi) is 4.72. The Morgan fingerprint density at radius 2 is 2.33 bits per heavy atom. The molecule has 0 saturated heterocycles. The van der Waals surface area contributed by atoms with E-state index in [0.717, 1.165) is 18.5 Å². The van der Waals surface area contributed by atoms with E-state index >= 15 is 0 Å². The van der Waals surface area contributed by atoms with Crippen LogP contribution < -0.4 is 10.9 Å². The zero-order valence-electron chi connectivity index (χ0n) is 10.3. The maximum atomic E-state index is 11.7. The van der Waals surface area contributed by atoms with Crippen molar-refractivity contribution in [3.8, 4) is 0 Å². The lowest BCUT2D eigenvalue weighted by atomic mass is 9.93. The Bertz CT molecular complexity index is 429. The number of hydrogen-bond acceptors (Lipinski definition) is 5. The Morgan fingerprint density at radius 3 is 2.94 bits per heavy atom. The van der Waals surface area contributed by atoms with Crippen LogP contribution in [0.5, 0.6) is 0 Å². The van der Waals surface area contributed by atoms with Crippen LogP contribution in [0.15, 0.2) is 17.1 Å². The van der Waals surface area contributed by atoms with Crippen LogP contribution in [-0.4, -0.2) is 40.7 Å². The van der Waals surface area contributed by atoms with Crippen molar-refractivity contribution in [3.63, 3.8) is 0 Å². The third-order valence-electron chi connectivity index (χ3n) is 3.03. The summed E-state index contributed by atoms with van der Waals surface area (Å²) in [5.74, 6) is 0. The van der Waals surface area contributed by atoms with Crippen molar-refractivity contribution in [2.24, 2.45) is 0 Å². The van der Waals surface area contributed by atoms with Gasteiger partial charge in [0.2, 0.25) is 0 Å². The normalized spacial score (nSPS) is 15.4. The van der Waals surface area contributed by atoms with Gasteiger partial charge in [0.05, 0.1) is 38.2 Å². The van der Waals surface area contributed by atoms with Crippen LogP contribution in [0, 0.1) is 0 Å². The van der Waals surface area contributed by atoms with Gasteiger partial charge in [0.1, 0.15) is 0 Å². The molecule has 0 aromatic carbocycles. The van der Waals surface area contributed by atoms with Gasteiger partial charge in [0.25, 0.3) is 5.56 Å². The summed E-state index contributed by atoms with van der Waals surface area (Å²) in [5.41, 5.74) is 0.657. The van der Waals surface area contributed by atoms with Crippen molar-refractivity contribution in [2.75, 3.05) is 25.1 Å². The van der Waals surface area contributed by atoms with E-state index < -0.39 is 0 Å². The molecule has 100 valence electrons. The predicted molar refractivity (Wildman–Crippen MR) is 67.7 cm³/mol. The topological polar surface area (TPSA) is 76.4 Å². The molecule has 0 spiro atoms. The fourth-order valence-corrected chi connectivity index (χ4v) is 1.79. The van der Waals surface area contributed by atoms with E-state index in [-0.39, 0.29) is 18.8 Å². The minimum absolute atomic E-state index is 0.00737. The molecule has 6 heteroatoms. The summed E-state index contributed by atoms with van der Waals surface area (Å²) in [4.78, 5) is 11.7. The number of nitrogens with one attached hydrogen (secondary N) is 1. The lowest BCUT2D eigenvalue weighted by Crippen LogP contribution is -2.29. The number of aromatic nitrogens is 2. The monoisotopic (exact) mass is 253 g/mol. The molecule has 0 bridgehead atoms. The van der Waals surface area contributed by atoms with E-state index in [4.69, 9.17) is 9.84 Å². The fraction of sp³-hybridized carbons (Fsp3) is 0.667. The van der Waals surface area contributed by atoms with Crippen LogP contribution >= 0.6 is 0 Å². The molecule has 0 unspecified atom stereocenters. The molecular weight excluding hydrogens is 234 g/mol. The molecule has 1 aliphatic rings. The van der Waals surface area contributed by atoms with Crippen LogP contribution in [0.25, 0.3) is 0 Å². The average molecular weight is 253 g/mol. The minimum Gasteiger partial charge on any atom is -0.394 e. The molecule has 1 saturated carbocycles. The standard InChI is InChI=1S/C12H19N3O3/c16-5-7-18-6-4-15-12(17)8-11(9-13-15)14-10-2-1-3-10/h8-10,14,16H,1-7H2. The Balaban J connectivity index is 1.86. The molecule has 1 fully saturated rings. The highest BCUT2D eigenvalue weighted by Crippen LogP contribution is 2.21. The zero-order valence-corrected chi connectivity index (χ0v) is 10.3. The Labute approximate surface area is 106 Å². The number of ether oxygens (including phenoxy) is 1. The van der Waals surface area contributed by atoms with Gasteiger partial charge in [0.15, 0.2) is 0 Å². The highest BCUT2D eigenvalue weighted by atomic mass is 16.5. The van der Waals surface area contributed by atoms with E-state index in [2.05, 4.69) is 10.4 Å². The van der Waals surface area contributed by atoms with Gasteiger partial charge in [0, 0.05) is 12.1 Å². The summed E-state index contributed by atoms with van der Waals surface area (Å²) in [5, 5.41) is 15.9. The third kappa shape index (κ3) is 3.54. The van der Waals surface area contributed by atoms with Crippen molar-refractivity contribution in [2.45, 2.75) is 31.8 Å². The van der Waals surface area contributed by atoms with Gasteiger partial charge in [-0.15, -0.1) is 0 Å². The Hall–Kier alpha value is -1.40. The van der Waals surface area contributed by atoms with E-state index in [9.17, 15) is 4.79 Å². The van der Waals surface area contributed by atoms with Gasteiger partial charge in [-0.1, -0.05) is 0 Å². The molecule has 1 aromatic rings. The molecule has 1 aromatic heterocycles. The second-order valence-electron chi connectivity index (χ2n) is 4.41. The summed E-state index contributed by atoms with van der Waals surface area (Å²) in [6.45, 7) is 1.06. The smallest absolute Gasteiger partial charge is 0.268 e. The second-order valence-corrected chi connectivity index (χ2v) is 4.41. The van der Waals surface area contributed by atoms with Crippen LogP contribution in [0.4, 0.5) is 5.69 Å². The molecule has 0 amide bonds. The quantitative estimate of drug-likeness (QED) is 0.680. The van der Waals surface area contributed by atoms with Crippen LogP contribution in [0.2, 0.25) is 0 Å². The van der Waals surface area contributed by atoms with E-state index in [1.807, 2.05) is 0 Å². The molecular formula is C12H19N3O3. The summed E-state index contributed by atoms with van der Waals surface area (Å²) < 4.78 is 6.46. The number of aliphatic hydroxyl groups excluding tert-OH is 1. The number of aliphatic hydroxyl groups is 1. The first-order valence-electron chi connectivity index (χ1n) is 6.32. The summed E-state index contributed by atoms with van der Waals surface area (Å²) in [6.07, 6.45) is 5.26. The Morgan fingerprint density at radius 1 is 1.50 bits per heavy atom. The maximum absolute atomic E-state index is 11.7. The SMILES string of the molecule is O=c1cc(NC2CCC2)cnn1CCOCCO. The van der Waals surface area contributed by atoms with Crippen molar-refractivity contribution in [1.29, 1.82) is 0 Å². The summed E-state index contributed by atoms with van der Waals surface area (Å²) in [6, 6.07) is 2.06. The highest BCUT2D eigenvalue weighted by molar-refractivity contribution is 5.40. The van der Waals surface area contributed by atoms with Gasteiger partial charge in [-0.05, 0) is 19.3 Å². The van der Waals surface area contributed by atoms with Gasteiger partial charge >= 0.3 is 0 Å². The summed E-state index contributed by atoms with van der Waals surface area (Å²) in [7, 11) is 0. The molecule has 6 nitrogen and oxygen atoms in total. The zero-order chi connectivity index (χ0) is 12.8. The van der Waals surface area contributed by atoms with E-state index in [0.29, 0.717) is 19.2 Å². The molecule has 0 aliphatic heterocycles. The fourth-order valence-electron chi connectivity index (χ4n) is 1.79. The van der Waals surface area contributed by atoms with E-state index in [1.54, 1.807) is 12.3 Å². The van der Waals surface area contributed by atoms with Crippen molar-refractivity contribution >= 4 is 5.69 Å². The van der Waals surface area contributed by atoms with Crippen LogP contribution in [0.1, 0.15) is 19.3 Å². The van der Waals surface area contributed by atoms with Gasteiger partial charge in [-0.2, -0.15) is 5.10 Å². The molecule has 1 aliphatic carbocycles. The minimum atomic E-state index is -0.132.